The van der Waals surface area contributed by atoms with Gasteiger partial charge in [0, 0.05) is 42.3 Å². The SMILES string of the molecule is Nc1nc2c(nnn2[C@@H]2O[C@@H]3COP(O)(=S)O[C@H]4[C@H](F)[C@H](n5ccc6c(N)ccnc65)O[C@@H]4COP(O)(=S)O[C@@H]2C3)c(=O)[nH]1.Nc1nc2c(nnn2[C@@H]2O[C@@H]3COP(O)(=S)O[C@H]4[C@H](F)[C@H](n5cnc6c(N)ccnc65)O[C@@H]4COP(O)(=S)O[C@@H]2[C@@H]3F)c(=O)[nH]1.Nc1nc2c(nnn2[C@@H]2O[C@@H]3COP(O)(=S)O[C@H]4[C@H](F)[C@H](n5cnc6c(N)ccnc65)O[C@@H]4COP(O)(=S)O[C@@H]2[C@@H]3F)c(=O)[nH]1. The number of anilines is 6. The van der Waals surface area contributed by atoms with E-state index in [4.69, 9.17) is 188 Å². The van der Waals surface area contributed by atoms with Gasteiger partial charge in [0.25, 0.3) is 16.7 Å². The highest BCUT2D eigenvalue weighted by molar-refractivity contribution is 8.08. The van der Waals surface area contributed by atoms with Crippen LogP contribution < -0.4 is 51.1 Å². The third-order valence-corrected chi connectivity index (χ3v) is 31.1. The third-order valence-electron chi connectivity index (χ3n) is 21.7. The fraction of sp³-hybridized carbons (Fsp3) is 0.492. The van der Waals surface area contributed by atoms with Gasteiger partial charge in [-0.1, -0.05) is 15.6 Å². The van der Waals surface area contributed by atoms with Crippen molar-refractivity contribution in [2.24, 2.45) is 0 Å². The van der Waals surface area contributed by atoms with Crippen molar-refractivity contribution < 1.29 is 134 Å². The summed E-state index contributed by atoms with van der Waals surface area (Å²) in [6.45, 7) is -29.2. The van der Waals surface area contributed by atoms with E-state index in [1.165, 1.54) is 57.1 Å². The molecule has 0 saturated carbocycles. The Labute approximate surface area is 770 Å². The minimum atomic E-state index is -4.37. The summed E-state index contributed by atoms with van der Waals surface area (Å²) in [6.07, 6.45) is -27.2. The van der Waals surface area contributed by atoms with Gasteiger partial charge in [-0.05, 0) is 95.1 Å². The van der Waals surface area contributed by atoms with Gasteiger partial charge in [-0.15, -0.1) is 15.3 Å². The second-order valence-electron chi connectivity index (χ2n) is 30.3. The number of rotatable bonds is 6. The minimum Gasteiger partial charge on any atom is -0.398 e. The van der Waals surface area contributed by atoms with Gasteiger partial charge >= 0.3 is 40.3 Å². The van der Waals surface area contributed by atoms with Crippen LogP contribution in [0.25, 0.3) is 66.9 Å². The van der Waals surface area contributed by atoms with Crippen LogP contribution in [0.5, 0.6) is 0 Å². The Bertz CT molecular complexity index is 6840. The van der Waals surface area contributed by atoms with E-state index < -0.39 is 231 Å². The molecule has 21 N–H and O–H groups in total. The molecule has 6 bridgehead atoms. The van der Waals surface area contributed by atoms with Crippen LogP contribution in [0, 0.1) is 0 Å². The van der Waals surface area contributed by atoms with E-state index in [-0.39, 0.29) is 98.1 Å². The van der Waals surface area contributed by atoms with E-state index in [1.54, 1.807) is 18.3 Å². The second kappa shape index (κ2) is 36.4. The number of aromatic nitrogens is 23. The van der Waals surface area contributed by atoms with Crippen molar-refractivity contribution in [1.82, 2.24) is 114 Å². The van der Waals surface area contributed by atoms with E-state index in [0.717, 1.165) is 14.0 Å². The van der Waals surface area contributed by atoms with Crippen LogP contribution in [0.2, 0.25) is 0 Å². The number of alkyl halides is 5. The lowest BCUT2D eigenvalue weighted by Gasteiger charge is -2.27. The standard InChI is InChI=1S/C21H24FN9O9P2S2.2C20H22F2N10O9P2S2/c22-13-15-12(38-20(13)30-4-2-9-10(23)1-3-25-16(9)30)7-36-41(33,43)39-11-5-8(6-35-42(34,44)40-15)37-19(11)31-17-14(28-29-31)18(32)27-21(24)26-17;2*21-9-7-3-36-42(34,44)40-13-8(39-18(10(13)22)31-5-26-11-6(23)1-2-25-15(11)31)4-37-43(35,45)41-14(9)19(38-7)32-16-12(29-30-32)17(33)28-20(24)27-16/h1-4,8,11-13,15,19-20H,5-7H2,(H2,23,25)(H,33,43)(H,34,44)(H3,24,26,27,32);2*1-2,5,7-10,13-14,18-19H,3-4H2,(H2,23,25)(H,34,44)(H,35,45)(H3,24,27,28,33)/t8-,11+,12+,13-,15+,19+,20+,41?,42?;2*7-,8-,9-,10+,13-,14-,18-,19-,42?,43?/m011/s1. The number of hydrogen-bond acceptors (Lipinski definition) is 47. The first-order chi connectivity index (χ1) is 63.5. The number of nitrogens with zero attached hydrogens (tertiary/aromatic N) is 20. The van der Waals surface area contributed by atoms with E-state index in [2.05, 4.69) is 85.8 Å². The lowest BCUT2D eigenvalue weighted by Crippen LogP contribution is -2.34. The number of nitrogen functional groups attached to an aromatic ring is 6. The Morgan fingerprint density at radius 2 is 0.679 bits per heavy atom. The molecule has 0 amide bonds. The van der Waals surface area contributed by atoms with Crippen LogP contribution in [0.4, 0.5) is 56.9 Å². The molecule has 0 radical (unpaired) electrons. The molecular formula is C61H68F5N29O27P6S6. The van der Waals surface area contributed by atoms with E-state index >= 15 is 22.0 Å². The normalized spacial score (nSPS) is 37.3. The zero-order valence-electron chi connectivity index (χ0n) is 66.7. The van der Waals surface area contributed by atoms with Crippen molar-refractivity contribution in [2.75, 3.05) is 74.0 Å². The minimum absolute atomic E-state index is 0.0219. The van der Waals surface area contributed by atoms with E-state index in [9.17, 15) is 43.7 Å². The highest BCUT2D eigenvalue weighted by atomic mass is 32.5. The first-order valence-corrected chi connectivity index (χ1v) is 54.3. The van der Waals surface area contributed by atoms with Gasteiger partial charge in [-0.25, -0.2) is 46.9 Å². The molecule has 9 aliphatic heterocycles. The summed E-state index contributed by atoms with van der Waals surface area (Å²) in [5.41, 5.74) is 34.1. The highest BCUT2D eigenvalue weighted by Crippen LogP contribution is 2.60. The average molecular weight is 2110 g/mol. The number of nitrogens with one attached hydrogen (secondary N) is 3. The molecule has 6 unspecified atom stereocenters. The lowest BCUT2D eigenvalue weighted by molar-refractivity contribution is -0.0639. The second-order valence-corrected chi connectivity index (χ2v) is 47.0. The van der Waals surface area contributed by atoms with Gasteiger partial charge < -0.3 is 128 Å². The summed E-state index contributed by atoms with van der Waals surface area (Å²) < 4.78 is 188. The Balaban J connectivity index is 0.000000129. The number of pyridine rings is 3. The van der Waals surface area contributed by atoms with Crippen molar-refractivity contribution >= 4 is 213 Å². The highest BCUT2D eigenvalue weighted by Gasteiger charge is 2.59. The molecule has 9 saturated heterocycles. The summed E-state index contributed by atoms with van der Waals surface area (Å²) in [5, 5.41) is 23.5. The Hall–Kier alpha value is -7.84. The first kappa shape index (κ1) is 95.1. The molecule has 9 fully saturated rings. The van der Waals surface area contributed by atoms with Gasteiger partial charge in [-0.2, -0.15) is 29.0 Å². The molecule has 21 rings (SSSR count). The molecule has 134 heavy (non-hydrogen) atoms. The number of nitrogens with two attached hydrogens (primary N) is 6. The number of hydrogen-bond donors (Lipinski definition) is 15. The lowest BCUT2D eigenvalue weighted by atomic mass is 10.1. The molecule has 12 aromatic rings. The molecule has 21 heterocycles. The molecule has 9 aliphatic rings. The monoisotopic (exact) mass is 2110 g/mol. The van der Waals surface area contributed by atoms with Crippen LogP contribution in [-0.4, -0.2) is 287 Å². The third kappa shape index (κ3) is 18.6. The maximum Gasteiger partial charge on any atom is 0.325 e. The van der Waals surface area contributed by atoms with Gasteiger partial charge in [-0.3, -0.25) is 61.1 Å². The number of imidazole rings is 2. The van der Waals surface area contributed by atoms with E-state index in [1.807, 2.05) is 0 Å². The molecule has 73 heteroatoms. The largest absolute Gasteiger partial charge is 0.398 e. The molecule has 56 nitrogen and oxygen atoms in total. The summed E-state index contributed by atoms with van der Waals surface area (Å²) in [5.74, 6) is -0.782. The van der Waals surface area contributed by atoms with Crippen LogP contribution in [0.1, 0.15) is 43.8 Å². The topological polar surface area (TPSA) is 752 Å². The van der Waals surface area contributed by atoms with Crippen LogP contribution in [-0.2, 0) is 154 Å². The van der Waals surface area contributed by atoms with Crippen LogP contribution >= 0.6 is 40.3 Å². The van der Waals surface area contributed by atoms with Crippen LogP contribution in [0.3, 0.4) is 0 Å². The maximum atomic E-state index is 16.0. The average Bonchev–Trinajstić information content (AvgIpc) is 1.58. The van der Waals surface area contributed by atoms with Crippen molar-refractivity contribution in [3.8, 4) is 0 Å². The molecular weight excluding hydrogens is 2040 g/mol. The molecule has 0 aliphatic carbocycles. The van der Waals surface area contributed by atoms with Crippen molar-refractivity contribution in [1.29, 1.82) is 0 Å². The predicted molar refractivity (Wildman–Crippen MR) is 466 cm³/mol. The zero-order valence-corrected chi connectivity index (χ0v) is 77.0. The molecule has 720 valence electrons. The Morgan fingerprint density at radius 1 is 0.351 bits per heavy atom. The van der Waals surface area contributed by atoms with Crippen LogP contribution in [0.15, 0.2) is 76.1 Å². The fourth-order valence-corrected chi connectivity index (χ4v) is 24.3. The number of halogens is 5. The molecule has 12 aromatic heterocycles. The molecule has 0 aromatic carbocycles. The molecule has 29 atom stereocenters. The predicted octanol–water partition coefficient (Wildman–Crippen LogP) is 0.194. The van der Waals surface area contributed by atoms with Crippen molar-refractivity contribution in [2.45, 2.75) is 148 Å². The summed E-state index contributed by atoms with van der Waals surface area (Å²) >= 11 is 31.0. The summed E-state index contributed by atoms with van der Waals surface area (Å²) in [6, 6.07) is 6.29. The summed E-state index contributed by atoms with van der Waals surface area (Å²) in [4.78, 5) is 142. The fourth-order valence-electron chi connectivity index (χ4n) is 15.7. The number of H-pyrrole nitrogens is 3. The molecule has 0 spiro atoms. The van der Waals surface area contributed by atoms with Gasteiger partial charge in [0.1, 0.15) is 83.8 Å². The van der Waals surface area contributed by atoms with Crippen molar-refractivity contribution in [3.05, 3.63) is 92.8 Å². The van der Waals surface area contributed by atoms with Gasteiger partial charge in [0.05, 0.1) is 69.8 Å². The first-order valence-electron chi connectivity index (χ1n) is 38.8. The number of fused-ring (bicyclic) bond motifs is 15. The quantitative estimate of drug-likeness (QED) is 0.0781. The van der Waals surface area contributed by atoms with Gasteiger partial charge in [0.15, 0.2) is 113 Å². The Morgan fingerprint density at radius 3 is 1.07 bits per heavy atom. The van der Waals surface area contributed by atoms with Crippen molar-refractivity contribution in [3.63, 3.8) is 0 Å². The Kier molecular flexibility index (Phi) is 25.8. The maximum absolute atomic E-state index is 16.0. The summed E-state index contributed by atoms with van der Waals surface area (Å²) in [7, 11) is 0. The zero-order chi connectivity index (χ0) is 94.6. The van der Waals surface area contributed by atoms with E-state index in [0.29, 0.717) is 16.7 Å². The number of ether oxygens (including phenoxy) is 6. The number of aromatic amines is 3. The smallest absolute Gasteiger partial charge is 0.325 e. The van der Waals surface area contributed by atoms with Gasteiger partial charge in [0.2, 0.25) is 17.8 Å².